The molecule has 4 atom stereocenters. The Balaban J connectivity index is 1.24. The first kappa shape index (κ1) is 31.9. The standard InChI is InChI=1S/C31H43N5O5S2/c1-31(2,3)16-22(29(39)36-17-25(42-5)27-26(36)24(37)18-41-27)32-28(38)21-8-6-20(7-9-21)23-19-43-30(33-23)35-12-10-34(11-13-35)14-15-40-4/h6-9,19,22,25-27H,10-18H2,1-5H3,(H,32,38)/t22-,25-,26+,27-/m0/s1. The van der Waals surface area contributed by atoms with E-state index in [4.69, 9.17) is 14.5 Å². The number of ketones is 1. The first-order valence-electron chi connectivity index (χ1n) is 14.9. The second-order valence-electron chi connectivity index (χ2n) is 12.7. The maximum Gasteiger partial charge on any atom is 0.251 e. The fourth-order valence-corrected chi connectivity index (χ4v) is 7.71. The van der Waals surface area contributed by atoms with Crippen LogP contribution in [0.5, 0.6) is 0 Å². The van der Waals surface area contributed by atoms with Gasteiger partial charge in [0.15, 0.2) is 10.9 Å². The monoisotopic (exact) mass is 629 g/mol. The number of nitrogens with one attached hydrogen (secondary N) is 1. The van der Waals surface area contributed by atoms with E-state index in [9.17, 15) is 14.4 Å². The van der Waals surface area contributed by atoms with E-state index >= 15 is 0 Å². The highest BCUT2D eigenvalue weighted by Crippen LogP contribution is 2.35. The van der Waals surface area contributed by atoms with E-state index in [1.165, 1.54) is 0 Å². The highest BCUT2D eigenvalue weighted by Gasteiger charge is 2.53. The van der Waals surface area contributed by atoms with E-state index in [1.54, 1.807) is 47.2 Å². The van der Waals surface area contributed by atoms with Crippen LogP contribution >= 0.6 is 23.1 Å². The highest BCUT2D eigenvalue weighted by atomic mass is 32.2. The van der Waals surface area contributed by atoms with Crippen molar-refractivity contribution >= 4 is 45.8 Å². The first-order chi connectivity index (χ1) is 20.6. The minimum Gasteiger partial charge on any atom is -0.383 e. The lowest BCUT2D eigenvalue weighted by Crippen LogP contribution is -2.53. The first-order valence-corrected chi connectivity index (χ1v) is 17.1. The van der Waals surface area contributed by atoms with Crippen molar-refractivity contribution < 1.29 is 23.9 Å². The SMILES string of the molecule is COCCN1CCN(c2nc(-c3ccc(C(=O)N[C@@H](CC(C)(C)C)C(=O)N4C[C@H](SC)[C@@H]5OCC(=O)[C@H]54)cc3)cs2)CC1. The lowest BCUT2D eigenvalue weighted by molar-refractivity contribution is -0.138. The second-order valence-corrected chi connectivity index (χ2v) is 14.6. The Morgan fingerprint density at radius 1 is 1.19 bits per heavy atom. The number of ether oxygens (including phenoxy) is 2. The molecule has 3 aliphatic heterocycles. The highest BCUT2D eigenvalue weighted by molar-refractivity contribution is 7.99. The summed E-state index contributed by atoms with van der Waals surface area (Å²) in [6, 6.07) is 6.03. The number of rotatable bonds is 10. The fourth-order valence-electron chi connectivity index (χ4n) is 6.02. The zero-order chi connectivity index (χ0) is 30.7. The summed E-state index contributed by atoms with van der Waals surface area (Å²) in [7, 11) is 1.73. The maximum absolute atomic E-state index is 13.9. The van der Waals surface area contributed by atoms with E-state index in [-0.39, 0.29) is 41.0 Å². The van der Waals surface area contributed by atoms with E-state index in [1.807, 2.05) is 39.2 Å². The summed E-state index contributed by atoms with van der Waals surface area (Å²) in [6.45, 7) is 12.1. The number of aromatic nitrogens is 1. The Morgan fingerprint density at radius 2 is 1.91 bits per heavy atom. The number of thioether (sulfide) groups is 1. The normalized spacial score (nSPS) is 23.5. The summed E-state index contributed by atoms with van der Waals surface area (Å²) >= 11 is 3.24. The molecule has 0 spiro atoms. The van der Waals surface area contributed by atoms with Crippen LogP contribution in [0, 0.1) is 5.41 Å². The Bertz CT molecular complexity index is 1290. The van der Waals surface area contributed by atoms with Crippen LogP contribution in [0.15, 0.2) is 29.6 Å². The summed E-state index contributed by atoms with van der Waals surface area (Å²) in [5.74, 6) is -0.605. The molecule has 0 saturated carbocycles. The molecule has 2 amide bonds. The van der Waals surface area contributed by atoms with Crippen LogP contribution in [0.3, 0.4) is 0 Å². The van der Waals surface area contributed by atoms with Gasteiger partial charge >= 0.3 is 0 Å². The topological polar surface area (TPSA) is 104 Å². The van der Waals surface area contributed by atoms with Crippen LogP contribution in [-0.2, 0) is 19.1 Å². The molecular weight excluding hydrogens is 587 g/mol. The van der Waals surface area contributed by atoms with Gasteiger partial charge in [-0.05, 0) is 30.2 Å². The van der Waals surface area contributed by atoms with Crippen molar-refractivity contribution in [3.05, 3.63) is 35.2 Å². The number of likely N-dealkylation sites (tertiary alicyclic amines) is 1. The zero-order valence-electron chi connectivity index (χ0n) is 25.7. The lowest BCUT2D eigenvalue weighted by atomic mass is 9.87. The molecule has 3 saturated heterocycles. The predicted octanol–water partition coefficient (Wildman–Crippen LogP) is 3.02. The summed E-state index contributed by atoms with van der Waals surface area (Å²) < 4.78 is 10.9. The Labute approximate surface area is 262 Å². The average Bonchev–Trinajstić information content (AvgIpc) is 3.72. The Hall–Kier alpha value is -2.51. The quantitative estimate of drug-likeness (QED) is 0.425. The number of carbonyl (C=O) groups is 3. The number of Topliss-reactive ketones (excluding diaryl/α,β-unsaturated/α-hetero) is 1. The zero-order valence-corrected chi connectivity index (χ0v) is 27.3. The summed E-state index contributed by atoms with van der Waals surface area (Å²) in [5, 5.41) is 6.09. The van der Waals surface area contributed by atoms with Gasteiger partial charge in [-0.2, -0.15) is 11.8 Å². The number of methoxy groups -OCH3 is 1. The second kappa shape index (κ2) is 13.6. The minimum atomic E-state index is -0.752. The molecule has 1 aromatic carbocycles. The van der Waals surface area contributed by atoms with Crippen LogP contribution < -0.4 is 10.2 Å². The molecule has 3 aliphatic rings. The van der Waals surface area contributed by atoms with Gasteiger partial charge < -0.3 is 24.6 Å². The minimum absolute atomic E-state index is 0.0326. The molecule has 0 radical (unpaired) electrons. The van der Waals surface area contributed by atoms with E-state index < -0.39 is 12.1 Å². The van der Waals surface area contributed by atoms with E-state index in [2.05, 4.69) is 20.5 Å². The van der Waals surface area contributed by atoms with Crippen LogP contribution in [0.2, 0.25) is 0 Å². The molecule has 234 valence electrons. The molecule has 5 rings (SSSR count). The third-order valence-corrected chi connectivity index (χ3v) is 10.3. The molecule has 2 aromatic rings. The molecule has 0 aliphatic carbocycles. The molecule has 0 unspecified atom stereocenters. The van der Waals surface area contributed by atoms with E-state index in [0.717, 1.165) is 55.7 Å². The third-order valence-electron chi connectivity index (χ3n) is 8.33. The van der Waals surface area contributed by atoms with Crippen molar-refractivity contribution in [2.45, 2.75) is 50.6 Å². The van der Waals surface area contributed by atoms with Gasteiger partial charge in [0.05, 0.1) is 23.7 Å². The van der Waals surface area contributed by atoms with Gasteiger partial charge in [-0.3, -0.25) is 19.3 Å². The number of thiazole rings is 1. The fraction of sp³-hybridized carbons (Fsp3) is 0.613. The largest absolute Gasteiger partial charge is 0.383 e. The number of carbonyl (C=O) groups excluding carboxylic acids is 3. The van der Waals surface area contributed by atoms with Crippen molar-refractivity contribution in [1.82, 2.24) is 20.1 Å². The number of piperazine rings is 1. The van der Waals surface area contributed by atoms with Gasteiger partial charge in [0, 0.05) is 62.9 Å². The maximum atomic E-state index is 13.9. The molecule has 3 fully saturated rings. The molecule has 1 aromatic heterocycles. The Kier molecular flexibility index (Phi) is 10.1. The lowest BCUT2D eigenvalue weighted by Gasteiger charge is -2.34. The number of amides is 2. The molecule has 1 N–H and O–H groups in total. The number of hydrogen-bond donors (Lipinski definition) is 1. The number of fused-ring (bicyclic) bond motifs is 1. The number of hydrogen-bond acceptors (Lipinski definition) is 10. The van der Waals surface area contributed by atoms with Crippen molar-refractivity contribution in [3.8, 4) is 11.3 Å². The van der Waals surface area contributed by atoms with Gasteiger partial charge in [-0.25, -0.2) is 4.98 Å². The Morgan fingerprint density at radius 3 is 2.56 bits per heavy atom. The molecule has 43 heavy (non-hydrogen) atoms. The van der Waals surface area contributed by atoms with Gasteiger partial charge in [0.25, 0.3) is 5.91 Å². The average molecular weight is 630 g/mol. The van der Waals surface area contributed by atoms with Crippen molar-refractivity contribution in [1.29, 1.82) is 0 Å². The van der Waals surface area contributed by atoms with Gasteiger partial charge in [-0.15, -0.1) is 11.3 Å². The summed E-state index contributed by atoms with van der Waals surface area (Å²) in [5.41, 5.74) is 2.07. The van der Waals surface area contributed by atoms with Crippen molar-refractivity contribution in [3.63, 3.8) is 0 Å². The molecular formula is C31H43N5O5S2. The molecule has 0 bridgehead atoms. The van der Waals surface area contributed by atoms with E-state index in [0.29, 0.717) is 18.5 Å². The van der Waals surface area contributed by atoms with Crippen LogP contribution in [0.1, 0.15) is 37.6 Å². The van der Waals surface area contributed by atoms with Gasteiger partial charge in [0.1, 0.15) is 18.7 Å². The van der Waals surface area contributed by atoms with Crippen LogP contribution in [0.4, 0.5) is 5.13 Å². The van der Waals surface area contributed by atoms with Gasteiger partial charge in [-0.1, -0.05) is 32.9 Å². The smallest absolute Gasteiger partial charge is 0.251 e. The van der Waals surface area contributed by atoms with Crippen LogP contribution in [0.25, 0.3) is 11.3 Å². The predicted molar refractivity (Wildman–Crippen MR) is 171 cm³/mol. The number of anilines is 1. The number of nitrogens with zero attached hydrogens (tertiary/aromatic N) is 4. The third kappa shape index (κ3) is 7.42. The summed E-state index contributed by atoms with van der Waals surface area (Å²) in [4.78, 5) is 51.2. The van der Waals surface area contributed by atoms with Gasteiger partial charge in [0.2, 0.25) is 5.91 Å². The van der Waals surface area contributed by atoms with Crippen molar-refractivity contribution in [2.75, 3.05) is 70.7 Å². The molecule has 12 heteroatoms. The summed E-state index contributed by atoms with van der Waals surface area (Å²) in [6.07, 6.45) is 2.13. The van der Waals surface area contributed by atoms with Crippen molar-refractivity contribution in [2.24, 2.45) is 5.41 Å². The molecule has 10 nitrogen and oxygen atoms in total. The molecule has 4 heterocycles. The van der Waals surface area contributed by atoms with Crippen LogP contribution in [-0.4, -0.2) is 122 Å². The number of benzene rings is 1.